The SMILES string of the molecule is COc1ccc(NC(=O)C(C)(CC(C)C)OC)cn1. The zero-order valence-corrected chi connectivity index (χ0v) is 12.2. The topological polar surface area (TPSA) is 60.5 Å². The van der Waals surface area contributed by atoms with Crippen molar-refractivity contribution in [2.24, 2.45) is 5.92 Å². The molecule has 19 heavy (non-hydrogen) atoms. The van der Waals surface area contributed by atoms with E-state index in [9.17, 15) is 4.79 Å². The van der Waals surface area contributed by atoms with Gasteiger partial charge in [-0.25, -0.2) is 4.98 Å². The molecule has 0 saturated carbocycles. The normalized spacial score (nSPS) is 14.0. The van der Waals surface area contributed by atoms with Crippen LogP contribution in [-0.2, 0) is 9.53 Å². The van der Waals surface area contributed by atoms with Gasteiger partial charge in [0.15, 0.2) is 0 Å². The molecule has 0 aromatic carbocycles. The average Bonchev–Trinajstić information content (AvgIpc) is 2.38. The largest absolute Gasteiger partial charge is 0.481 e. The van der Waals surface area contributed by atoms with Crippen LogP contribution >= 0.6 is 0 Å². The number of ether oxygens (including phenoxy) is 2. The second-order valence-electron chi connectivity index (χ2n) is 5.08. The Balaban J connectivity index is 2.75. The highest BCUT2D eigenvalue weighted by Gasteiger charge is 2.33. The summed E-state index contributed by atoms with van der Waals surface area (Å²) in [6.07, 6.45) is 2.21. The molecule has 1 N–H and O–H groups in total. The fraction of sp³-hybridized carbons (Fsp3) is 0.571. The first-order valence-electron chi connectivity index (χ1n) is 6.28. The van der Waals surface area contributed by atoms with Gasteiger partial charge in [-0.05, 0) is 25.3 Å². The van der Waals surface area contributed by atoms with E-state index in [1.54, 1.807) is 39.5 Å². The first-order chi connectivity index (χ1) is 8.91. The van der Waals surface area contributed by atoms with Crippen molar-refractivity contribution < 1.29 is 14.3 Å². The van der Waals surface area contributed by atoms with E-state index < -0.39 is 5.60 Å². The summed E-state index contributed by atoms with van der Waals surface area (Å²) in [5.41, 5.74) is -0.216. The minimum absolute atomic E-state index is 0.171. The second-order valence-corrected chi connectivity index (χ2v) is 5.08. The first-order valence-corrected chi connectivity index (χ1v) is 6.28. The molecule has 0 bridgehead atoms. The Kier molecular flexibility index (Phi) is 5.30. The monoisotopic (exact) mass is 266 g/mol. The summed E-state index contributed by atoms with van der Waals surface area (Å²) in [4.78, 5) is 16.3. The van der Waals surface area contributed by atoms with Crippen LogP contribution in [0.5, 0.6) is 5.88 Å². The van der Waals surface area contributed by atoms with Gasteiger partial charge in [0.25, 0.3) is 5.91 Å². The van der Waals surface area contributed by atoms with Crippen molar-refractivity contribution in [2.75, 3.05) is 19.5 Å². The summed E-state index contributed by atoms with van der Waals surface area (Å²) in [6.45, 7) is 5.90. The molecule has 5 heteroatoms. The highest BCUT2D eigenvalue weighted by atomic mass is 16.5. The van der Waals surface area contributed by atoms with Crippen LogP contribution in [0.1, 0.15) is 27.2 Å². The van der Waals surface area contributed by atoms with Crippen LogP contribution in [0.15, 0.2) is 18.3 Å². The van der Waals surface area contributed by atoms with Crippen molar-refractivity contribution in [1.29, 1.82) is 0 Å². The maximum atomic E-state index is 12.3. The Morgan fingerprint density at radius 2 is 2.11 bits per heavy atom. The highest BCUT2D eigenvalue weighted by molar-refractivity contribution is 5.96. The minimum Gasteiger partial charge on any atom is -0.481 e. The van der Waals surface area contributed by atoms with E-state index in [-0.39, 0.29) is 5.91 Å². The Bertz CT molecular complexity index is 417. The number of hydrogen-bond donors (Lipinski definition) is 1. The van der Waals surface area contributed by atoms with Gasteiger partial charge in [-0.1, -0.05) is 13.8 Å². The molecule has 1 amide bonds. The Morgan fingerprint density at radius 3 is 2.53 bits per heavy atom. The van der Waals surface area contributed by atoms with Crippen LogP contribution in [-0.4, -0.2) is 30.7 Å². The molecular formula is C14H22N2O3. The lowest BCUT2D eigenvalue weighted by Crippen LogP contribution is -2.43. The standard InChI is InChI=1S/C14H22N2O3/c1-10(2)8-14(3,19-5)13(17)16-11-6-7-12(18-4)15-9-11/h6-7,9-10H,8H2,1-5H3,(H,16,17). The zero-order chi connectivity index (χ0) is 14.5. The molecule has 0 fully saturated rings. The van der Waals surface area contributed by atoms with Crippen molar-refractivity contribution in [3.8, 4) is 5.88 Å². The molecule has 0 saturated heterocycles. The summed E-state index contributed by atoms with van der Waals surface area (Å²) in [6, 6.07) is 3.44. The lowest BCUT2D eigenvalue weighted by molar-refractivity contribution is -0.137. The molecule has 5 nitrogen and oxygen atoms in total. The molecule has 0 spiro atoms. The lowest BCUT2D eigenvalue weighted by Gasteiger charge is -2.28. The third kappa shape index (κ3) is 4.21. The molecule has 1 aromatic heterocycles. The van der Waals surface area contributed by atoms with E-state index in [0.717, 1.165) is 0 Å². The number of amides is 1. The number of pyridine rings is 1. The molecule has 0 aliphatic carbocycles. The maximum absolute atomic E-state index is 12.3. The average molecular weight is 266 g/mol. The Morgan fingerprint density at radius 1 is 1.42 bits per heavy atom. The third-order valence-corrected chi connectivity index (χ3v) is 2.93. The number of aromatic nitrogens is 1. The molecule has 0 radical (unpaired) electrons. The van der Waals surface area contributed by atoms with Gasteiger partial charge in [0.2, 0.25) is 5.88 Å². The van der Waals surface area contributed by atoms with Gasteiger partial charge in [-0.3, -0.25) is 4.79 Å². The molecular weight excluding hydrogens is 244 g/mol. The number of nitrogens with zero attached hydrogens (tertiary/aromatic N) is 1. The molecule has 1 atom stereocenters. The summed E-state index contributed by atoms with van der Waals surface area (Å²) in [7, 11) is 3.10. The fourth-order valence-electron chi connectivity index (χ4n) is 1.89. The van der Waals surface area contributed by atoms with Crippen LogP contribution < -0.4 is 10.1 Å². The van der Waals surface area contributed by atoms with Gasteiger partial charge in [0.05, 0.1) is 19.0 Å². The predicted molar refractivity (Wildman–Crippen MR) is 74.3 cm³/mol. The second kappa shape index (κ2) is 6.52. The highest BCUT2D eigenvalue weighted by Crippen LogP contribution is 2.22. The van der Waals surface area contributed by atoms with Gasteiger partial charge in [0, 0.05) is 13.2 Å². The molecule has 1 rings (SSSR count). The van der Waals surface area contributed by atoms with E-state index in [1.807, 2.05) is 0 Å². The molecule has 1 aromatic rings. The van der Waals surface area contributed by atoms with E-state index in [1.165, 1.54) is 0 Å². The van der Waals surface area contributed by atoms with Crippen LogP contribution in [0.3, 0.4) is 0 Å². The zero-order valence-electron chi connectivity index (χ0n) is 12.2. The van der Waals surface area contributed by atoms with E-state index in [4.69, 9.17) is 9.47 Å². The van der Waals surface area contributed by atoms with Gasteiger partial charge < -0.3 is 14.8 Å². The third-order valence-electron chi connectivity index (χ3n) is 2.93. The molecule has 0 aliphatic heterocycles. The number of nitrogens with one attached hydrogen (secondary N) is 1. The van der Waals surface area contributed by atoms with E-state index in [0.29, 0.717) is 23.9 Å². The number of hydrogen-bond acceptors (Lipinski definition) is 4. The number of carbonyl (C=O) groups excluding carboxylic acids is 1. The number of rotatable bonds is 6. The number of anilines is 1. The lowest BCUT2D eigenvalue weighted by atomic mass is 9.93. The minimum atomic E-state index is -0.839. The van der Waals surface area contributed by atoms with Gasteiger partial charge >= 0.3 is 0 Å². The summed E-state index contributed by atoms with van der Waals surface area (Å²) in [5, 5.41) is 2.81. The van der Waals surface area contributed by atoms with Gasteiger partial charge in [-0.15, -0.1) is 0 Å². The Labute approximate surface area is 114 Å². The van der Waals surface area contributed by atoms with Crippen molar-refractivity contribution in [3.05, 3.63) is 18.3 Å². The first kappa shape index (κ1) is 15.4. The summed E-state index contributed by atoms with van der Waals surface area (Å²) in [5.74, 6) is 0.704. The predicted octanol–water partition coefficient (Wildman–Crippen LogP) is 2.48. The molecule has 106 valence electrons. The van der Waals surface area contributed by atoms with Crippen molar-refractivity contribution in [1.82, 2.24) is 4.98 Å². The summed E-state index contributed by atoms with van der Waals surface area (Å²) < 4.78 is 10.3. The smallest absolute Gasteiger partial charge is 0.256 e. The number of carbonyl (C=O) groups is 1. The van der Waals surface area contributed by atoms with Crippen LogP contribution in [0.25, 0.3) is 0 Å². The maximum Gasteiger partial charge on any atom is 0.256 e. The molecule has 1 unspecified atom stereocenters. The quantitative estimate of drug-likeness (QED) is 0.859. The molecule has 0 aliphatic rings. The van der Waals surface area contributed by atoms with Gasteiger partial charge in [0.1, 0.15) is 5.60 Å². The Hall–Kier alpha value is -1.62. The van der Waals surface area contributed by atoms with Crippen molar-refractivity contribution in [2.45, 2.75) is 32.8 Å². The van der Waals surface area contributed by atoms with Crippen LogP contribution in [0.4, 0.5) is 5.69 Å². The van der Waals surface area contributed by atoms with E-state index in [2.05, 4.69) is 24.1 Å². The molecule has 1 heterocycles. The van der Waals surface area contributed by atoms with Crippen molar-refractivity contribution >= 4 is 11.6 Å². The van der Waals surface area contributed by atoms with Crippen molar-refractivity contribution in [3.63, 3.8) is 0 Å². The van der Waals surface area contributed by atoms with E-state index >= 15 is 0 Å². The number of methoxy groups -OCH3 is 2. The van der Waals surface area contributed by atoms with Gasteiger partial charge in [-0.2, -0.15) is 0 Å². The van der Waals surface area contributed by atoms with Crippen LogP contribution in [0.2, 0.25) is 0 Å². The summed E-state index contributed by atoms with van der Waals surface area (Å²) >= 11 is 0. The van der Waals surface area contributed by atoms with Crippen LogP contribution in [0, 0.1) is 5.92 Å². The fourth-order valence-corrected chi connectivity index (χ4v) is 1.89.